The van der Waals surface area contributed by atoms with Gasteiger partial charge in [0.05, 0.1) is 5.69 Å². The van der Waals surface area contributed by atoms with Gasteiger partial charge in [0, 0.05) is 34.3 Å². The van der Waals surface area contributed by atoms with Crippen molar-refractivity contribution >= 4 is 33.5 Å². The zero-order valence-electron chi connectivity index (χ0n) is 15.0. The van der Waals surface area contributed by atoms with Gasteiger partial charge in [-0.3, -0.25) is 4.79 Å². The Morgan fingerprint density at radius 3 is 2.30 bits per heavy atom. The number of hydrogen-bond acceptors (Lipinski definition) is 1. The molecule has 5 heteroatoms. The van der Waals surface area contributed by atoms with E-state index in [1.165, 1.54) is 0 Å². The maximum absolute atomic E-state index is 12.4. The lowest BCUT2D eigenvalue weighted by molar-refractivity contribution is -0.142. The summed E-state index contributed by atoms with van der Waals surface area (Å²) in [6, 6.07) is 17.6. The highest BCUT2D eigenvalue weighted by Crippen LogP contribution is 2.58. The molecule has 4 rings (SSSR count). The minimum absolute atomic E-state index is 0.476. The van der Waals surface area contributed by atoms with Gasteiger partial charge in [0.25, 0.3) is 0 Å². The molecule has 1 unspecified atom stereocenters. The monoisotopic (exact) mass is 443 g/mol. The van der Waals surface area contributed by atoms with Gasteiger partial charge in [0.1, 0.15) is 0 Å². The fourth-order valence-corrected chi connectivity index (χ4v) is 4.72. The Morgan fingerprint density at radius 2 is 1.70 bits per heavy atom. The highest BCUT2D eigenvalue weighted by Gasteiger charge is 2.58. The molecule has 0 bridgehead atoms. The number of carbonyl (C=O) groups is 1. The van der Waals surface area contributed by atoms with Gasteiger partial charge >= 0.3 is 5.97 Å². The van der Waals surface area contributed by atoms with Crippen molar-refractivity contribution in [2.75, 3.05) is 0 Å². The number of carboxylic acids is 1. The molecule has 2 aromatic carbocycles. The maximum atomic E-state index is 12.4. The molecule has 3 nitrogen and oxygen atoms in total. The third kappa shape index (κ3) is 2.66. The average molecular weight is 445 g/mol. The number of benzene rings is 2. The smallest absolute Gasteiger partial charge is 0.327 e. The molecule has 1 atom stereocenters. The van der Waals surface area contributed by atoms with Gasteiger partial charge in [0.15, 0.2) is 4.32 Å². The van der Waals surface area contributed by atoms with Gasteiger partial charge < -0.3 is 9.67 Å². The van der Waals surface area contributed by atoms with Crippen LogP contribution in [0.5, 0.6) is 0 Å². The molecule has 0 spiro atoms. The minimum atomic E-state index is -1.17. The summed E-state index contributed by atoms with van der Waals surface area (Å²) in [5.74, 6) is -0.871. The minimum Gasteiger partial charge on any atom is -0.480 e. The molecule has 0 aliphatic carbocycles. The normalized spacial score (nSPS) is 20.4. The van der Waals surface area contributed by atoms with E-state index in [1.807, 2.05) is 68.4 Å². The Labute approximate surface area is 171 Å². The van der Waals surface area contributed by atoms with Crippen LogP contribution in [0.1, 0.15) is 19.5 Å². The summed E-state index contributed by atoms with van der Waals surface area (Å²) in [7, 11) is 0. The van der Waals surface area contributed by atoms with Crippen LogP contribution in [0.25, 0.3) is 22.3 Å². The zero-order chi connectivity index (χ0) is 19.4. The summed E-state index contributed by atoms with van der Waals surface area (Å²) >= 11 is 9.70. The van der Waals surface area contributed by atoms with Gasteiger partial charge in [0.2, 0.25) is 0 Å². The predicted molar refractivity (Wildman–Crippen MR) is 112 cm³/mol. The maximum Gasteiger partial charge on any atom is 0.327 e. The lowest BCUT2D eigenvalue weighted by atomic mass is 9.77. The van der Waals surface area contributed by atoms with E-state index in [4.69, 9.17) is 11.6 Å². The van der Waals surface area contributed by atoms with Gasteiger partial charge in [-0.25, -0.2) is 0 Å². The number of aliphatic carboxylic acids is 1. The van der Waals surface area contributed by atoms with E-state index < -0.39 is 15.7 Å². The van der Waals surface area contributed by atoms with E-state index in [9.17, 15) is 9.90 Å². The van der Waals surface area contributed by atoms with E-state index in [0.717, 1.165) is 27.9 Å². The zero-order valence-corrected chi connectivity index (χ0v) is 17.4. The molecule has 1 aliphatic heterocycles. The number of rotatable bonds is 3. The predicted octanol–water partition coefficient (Wildman–Crippen LogP) is 6.19. The first kappa shape index (κ1) is 18.3. The van der Waals surface area contributed by atoms with Crippen LogP contribution in [0, 0.1) is 5.41 Å². The third-order valence-electron chi connectivity index (χ3n) is 5.42. The van der Waals surface area contributed by atoms with E-state index in [2.05, 4.69) is 26.7 Å². The summed E-state index contributed by atoms with van der Waals surface area (Å²) in [4.78, 5) is 12.4. The van der Waals surface area contributed by atoms with Crippen LogP contribution >= 0.6 is 27.5 Å². The quantitative estimate of drug-likeness (QED) is 0.489. The molecule has 1 N–H and O–H groups in total. The number of fused-ring (bicyclic) bond motifs is 1. The van der Waals surface area contributed by atoms with Crippen molar-refractivity contribution in [2.24, 2.45) is 5.41 Å². The second kappa shape index (κ2) is 6.25. The van der Waals surface area contributed by atoms with Crippen LogP contribution in [0.3, 0.4) is 0 Å². The van der Waals surface area contributed by atoms with Crippen LogP contribution in [0.2, 0.25) is 5.02 Å². The van der Waals surface area contributed by atoms with E-state index in [-0.39, 0.29) is 0 Å². The Hall–Kier alpha value is -2.04. The first-order valence-corrected chi connectivity index (χ1v) is 9.90. The van der Waals surface area contributed by atoms with E-state index in [0.29, 0.717) is 11.6 Å². The molecule has 0 radical (unpaired) electrons. The second-order valence-corrected chi connectivity index (χ2v) is 9.24. The van der Waals surface area contributed by atoms with Gasteiger partial charge in [-0.1, -0.05) is 83.8 Å². The van der Waals surface area contributed by atoms with Crippen LogP contribution < -0.4 is 0 Å². The first-order valence-electron chi connectivity index (χ1n) is 8.73. The highest BCUT2D eigenvalue weighted by molar-refractivity contribution is 9.10. The first-order chi connectivity index (χ1) is 12.8. The van der Waals surface area contributed by atoms with Crippen LogP contribution in [0.15, 0.2) is 60.8 Å². The number of carboxylic acid groups (broad SMARTS) is 1. The van der Waals surface area contributed by atoms with Crippen LogP contribution in [0.4, 0.5) is 0 Å². The van der Waals surface area contributed by atoms with E-state index in [1.54, 1.807) is 0 Å². The molecule has 3 aromatic rings. The molecule has 0 saturated heterocycles. The van der Waals surface area contributed by atoms with Crippen molar-refractivity contribution in [3.8, 4) is 22.3 Å². The molecule has 1 aliphatic rings. The number of hydrogen-bond donors (Lipinski definition) is 1. The lowest BCUT2D eigenvalue weighted by Crippen LogP contribution is -2.40. The van der Waals surface area contributed by atoms with Crippen LogP contribution in [-0.4, -0.2) is 15.6 Å². The van der Waals surface area contributed by atoms with Gasteiger partial charge in [-0.2, -0.15) is 0 Å². The van der Waals surface area contributed by atoms with Crippen molar-refractivity contribution in [1.82, 2.24) is 4.57 Å². The summed E-state index contributed by atoms with van der Waals surface area (Å²) in [5, 5.41) is 10.8. The van der Waals surface area contributed by atoms with E-state index >= 15 is 0 Å². The molecule has 1 aromatic heterocycles. The second-order valence-electron chi connectivity index (χ2n) is 7.61. The molecule has 138 valence electrons. The van der Waals surface area contributed by atoms with Gasteiger partial charge in [-0.05, 0) is 23.3 Å². The van der Waals surface area contributed by atoms with Crippen molar-refractivity contribution < 1.29 is 9.90 Å². The fourth-order valence-electron chi connectivity index (χ4n) is 4.04. The van der Waals surface area contributed by atoms with Crippen molar-refractivity contribution in [2.45, 2.75) is 24.7 Å². The molecule has 2 heterocycles. The van der Waals surface area contributed by atoms with Crippen molar-refractivity contribution in [3.05, 3.63) is 71.5 Å². The average Bonchev–Trinajstić information content (AvgIpc) is 3.09. The number of alkyl halides is 1. The van der Waals surface area contributed by atoms with Crippen molar-refractivity contribution in [3.63, 3.8) is 0 Å². The standard InChI is InChI=1S/C22H19BrClNO2/c1-21(2)13-25-12-17(14-8-10-16(24)11-9-14)18(15-6-4-3-5-7-15)19(25)22(21,23)20(26)27/h3-12H,13H2,1-2H3,(H,26,27). The number of halogens is 2. The number of nitrogens with zero attached hydrogens (tertiary/aromatic N) is 1. The Morgan fingerprint density at radius 1 is 1.07 bits per heavy atom. The molecule has 0 fully saturated rings. The molecular formula is C22H19BrClNO2. The SMILES string of the molecule is CC1(C)Cn2cc(-c3ccc(Cl)cc3)c(-c3ccccc3)c2C1(Br)C(=O)O. The van der Waals surface area contributed by atoms with Crippen molar-refractivity contribution in [1.29, 1.82) is 0 Å². The molecule has 0 amide bonds. The topological polar surface area (TPSA) is 42.2 Å². The third-order valence-corrected chi connectivity index (χ3v) is 7.46. The summed E-state index contributed by atoms with van der Waals surface area (Å²) in [5.41, 5.74) is 4.28. The van der Waals surface area contributed by atoms with Gasteiger partial charge in [-0.15, -0.1) is 0 Å². The van der Waals surface area contributed by atoms with Crippen LogP contribution in [-0.2, 0) is 15.7 Å². The molecule has 0 saturated carbocycles. The summed E-state index contributed by atoms with van der Waals surface area (Å²) in [6.45, 7) is 4.59. The Kier molecular flexibility index (Phi) is 4.24. The molecule has 27 heavy (non-hydrogen) atoms. The highest BCUT2D eigenvalue weighted by atomic mass is 79.9. The molecular weight excluding hydrogens is 426 g/mol. The Balaban J connectivity index is 2.05. The Bertz CT molecular complexity index is 1020. The number of aromatic nitrogens is 1. The summed E-state index contributed by atoms with van der Waals surface area (Å²) < 4.78 is 0.908. The fraction of sp³-hybridized carbons (Fsp3) is 0.227. The summed E-state index contributed by atoms with van der Waals surface area (Å²) in [6.07, 6.45) is 2.06. The largest absolute Gasteiger partial charge is 0.480 e. The lowest BCUT2D eigenvalue weighted by Gasteiger charge is -2.32.